The van der Waals surface area contributed by atoms with Crippen molar-refractivity contribution in [1.29, 1.82) is 0 Å². The number of aryl methyl sites for hydroxylation is 1. The second kappa shape index (κ2) is 10.4. The summed E-state index contributed by atoms with van der Waals surface area (Å²) in [5.41, 5.74) is 7.37. The van der Waals surface area contributed by atoms with Crippen LogP contribution >= 0.6 is 0 Å². The molecule has 0 bridgehead atoms. The van der Waals surface area contributed by atoms with Gasteiger partial charge in [-0.3, -0.25) is 10.1 Å². The van der Waals surface area contributed by atoms with E-state index in [4.69, 9.17) is 4.98 Å². The average Bonchev–Trinajstić information content (AvgIpc) is 3.54. The number of hydrogen-bond acceptors (Lipinski definition) is 7. The van der Waals surface area contributed by atoms with Crippen molar-refractivity contribution in [3.8, 4) is 33.8 Å². The Morgan fingerprint density at radius 3 is 2.66 bits per heavy atom. The van der Waals surface area contributed by atoms with Crippen molar-refractivity contribution in [3.63, 3.8) is 0 Å². The van der Waals surface area contributed by atoms with Crippen LogP contribution < -0.4 is 5.32 Å². The molecule has 0 atom stereocenters. The Morgan fingerprint density at radius 2 is 1.85 bits per heavy atom. The minimum atomic E-state index is -3.18. The second-order valence-electron chi connectivity index (χ2n) is 10.5. The van der Waals surface area contributed by atoms with Gasteiger partial charge in [-0.15, -0.1) is 0 Å². The maximum absolute atomic E-state index is 14.6. The summed E-state index contributed by atoms with van der Waals surface area (Å²) in [7, 11) is -3.18. The molecule has 6 aromatic rings. The lowest BCUT2D eigenvalue weighted by molar-refractivity contribution is 0.600. The lowest BCUT2D eigenvalue weighted by atomic mass is 10.0. The van der Waals surface area contributed by atoms with Gasteiger partial charge < -0.3 is 10.3 Å². The van der Waals surface area contributed by atoms with Gasteiger partial charge in [0.1, 0.15) is 21.3 Å². The Kier molecular flexibility index (Phi) is 6.74. The molecule has 0 radical (unpaired) electrons. The number of aromatic amines is 2. The molecule has 0 aliphatic heterocycles. The van der Waals surface area contributed by atoms with E-state index in [0.29, 0.717) is 39.4 Å². The molecule has 0 aliphatic carbocycles. The number of H-pyrrole nitrogens is 2. The van der Waals surface area contributed by atoms with Crippen molar-refractivity contribution in [2.75, 3.05) is 17.3 Å². The molecule has 0 spiro atoms. The number of fused-ring (bicyclic) bond motifs is 2. The van der Waals surface area contributed by atoms with Crippen LogP contribution in [-0.4, -0.2) is 56.6 Å². The van der Waals surface area contributed by atoms with Crippen LogP contribution in [0.25, 0.3) is 55.8 Å². The first-order valence-electron chi connectivity index (χ1n) is 13.2. The maximum atomic E-state index is 14.6. The quantitative estimate of drug-likeness (QED) is 0.212. The third kappa shape index (κ3) is 5.66. The Bertz CT molecular complexity index is 2010. The fourth-order valence-corrected chi connectivity index (χ4v) is 5.51. The number of halogens is 1. The van der Waals surface area contributed by atoms with Gasteiger partial charge in [0.05, 0.1) is 22.5 Å². The number of hydrogen-bond donors (Lipinski definition) is 3. The summed E-state index contributed by atoms with van der Waals surface area (Å²) in [5.74, 6) is 0.0210. The zero-order valence-corrected chi connectivity index (χ0v) is 23.6. The van der Waals surface area contributed by atoms with Crippen LogP contribution in [0.3, 0.4) is 0 Å². The van der Waals surface area contributed by atoms with Gasteiger partial charge >= 0.3 is 0 Å². The van der Waals surface area contributed by atoms with Crippen LogP contribution in [0.2, 0.25) is 0 Å². The molecule has 9 nitrogen and oxygen atoms in total. The first kappa shape index (κ1) is 26.6. The highest BCUT2D eigenvalue weighted by atomic mass is 32.2. The van der Waals surface area contributed by atoms with E-state index < -0.39 is 15.7 Å². The fraction of sp³-hybridized carbons (Fsp3) is 0.200. The molecule has 41 heavy (non-hydrogen) atoms. The Morgan fingerprint density at radius 1 is 1.00 bits per heavy atom. The first-order valence-corrected chi connectivity index (χ1v) is 15.2. The number of nitrogens with one attached hydrogen (secondary N) is 3. The third-order valence-electron chi connectivity index (χ3n) is 6.74. The van der Waals surface area contributed by atoms with E-state index in [-0.39, 0.29) is 18.2 Å². The molecule has 11 heteroatoms. The molecule has 0 unspecified atom stereocenters. The highest BCUT2D eigenvalue weighted by Crippen LogP contribution is 2.33. The second-order valence-corrected chi connectivity index (χ2v) is 12.7. The number of rotatable bonds is 8. The number of pyridine rings is 2. The monoisotopic (exact) mass is 569 g/mol. The topological polar surface area (TPSA) is 129 Å². The predicted molar refractivity (Wildman–Crippen MR) is 160 cm³/mol. The van der Waals surface area contributed by atoms with Gasteiger partial charge in [-0.05, 0) is 73.4 Å². The lowest BCUT2D eigenvalue weighted by Gasteiger charge is -2.11. The molecular formula is C30H28FN7O2S. The SMILES string of the molecule is CC(C)Nc1cncc(-c2ccc3[nH]nc(-c4nc5nccc(-c6cc(F)cc(CCS(C)(=O)=O)c6)c5[nH]4)c3c2)c1. The summed E-state index contributed by atoms with van der Waals surface area (Å²) in [6, 6.07) is 14.8. The molecule has 0 saturated carbocycles. The van der Waals surface area contributed by atoms with Crippen molar-refractivity contribution in [3.05, 3.63) is 78.5 Å². The molecule has 4 aromatic heterocycles. The summed E-state index contributed by atoms with van der Waals surface area (Å²) in [6.07, 6.45) is 6.64. The zero-order chi connectivity index (χ0) is 28.7. The highest BCUT2D eigenvalue weighted by molar-refractivity contribution is 7.90. The molecule has 4 heterocycles. The van der Waals surface area contributed by atoms with E-state index >= 15 is 0 Å². The first-order chi connectivity index (χ1) is 19.6. The van der Waals surface area contributed by atoms with Crippen molar-refractivity contribution in [2.45, 2.75) is 26.3 Å². The van der Waals surface area contributed by atoms with Gasteiger partial charge in [-0.1, -0.05) is 12.1 Å². The van der Waals surface area contributed by atoms with Gasteiger partial charge in [0.2, 0.25) is 0 Å². The normalized spacial score (nSPS) is 12.0. The van der Waals surface area contributed by atoms with Gasteiger partial charge in [-0.2, -0.15) is 5.10 Å². The van der Waals surface area contributed by atoms with Crippen LogP contribution in [0.4, 0.5) is 10.1 Å². The van der Waals surface area contributed by atoms with Crippen molar-refractivity contribution in [1.82, 2.24) is 30.1 Å². The summed E-state index contributed by atoms with van der Waals surface area (Å²) in [4.78, 5) is 16.9. The van der Waals surface area contributed by atoms with E-state index in [0.717, 1.165) is 27.7 Å². The number of sulfone groups is 1. The Balaban J connectivity index is 1.40. The maximum Gasteiger partial charge on any atom is 0.178 e. The molecule has 0 amide bonds. The molecular weight excluding hydrogens is 541 g/mol. The van der Waals surface area contributed by atoms with E-state index in [1.807, 2.05) is 24.4 Å². The van der Waals surface area contributed by atoms with Gasteiger partial charge in [-0.25, -0.2) is 22.8 Å². The van der Waals surface area contributed by atoms with Crippen LogP contribution in [-0.2, 0) is 16.3 Å². The van der Waals surface area contributed by atoms with Crippen LogP contribution in [0.1, 0.15) is 19.4 Å². The standard InChI is InChI=1S/C30H28FN7O2S/c1-17(2)34-23-13-21(15-32-16-23)19-4-5-26-25(14-19)28(38-37-26)30-35-27-24(6-8-33-29(27)36-30)20-10-18(11-22(31)12-20)7-9-41(3,39)40/h4-6,8,10-17,34H,7,9H2,1-3H3,(H,37,38)(H,33,35,36). The molecule has 0 saturated heterocycles. The van der Waals surface area contributed by atoms with Crippen molar-refractivity contribution in [2.24, 2.45) is 0 Å². The van der Waals surface area contributed by atoms with E-state index in [1.54, 1.807) is 24.5 Å². The van der Waals surface area contributed by atoms with E-state index in [1.165, 1.54) is 18.4 Å². The van der Waals surface area contributed by atoms with E-state index in [9.17, 15) is 12.8 Å². The lowest BCUT2D eigenvalue weighted by Crippen LogP contribution is -2.09. The smallest absolute Gasteiger partial charge is 0.178 e. The number of nitrogens with zero attached hydrogens (tertiary/aromatic N) is 4. The average molecular weight is 570 g/mol. The van der Waals surface area contributed by atoms with Crippen molar-refractivity contribution < 1.29 is 12.8 Å². The summed E-state index contributed by atoms with van der Waals surface area (Å²) in [6.45, 7) is 4.16. The van der Waals surface area contributed by atoms with Gasteiger partial charge in [0.15, 0.2) is 11.5 Å². The number of anilines is 1. The third-order valence-corrected chi connectivity index (χ3v) is 7.68. The summed E-state index contributed by atoms with van der Waals surface area (Å²) >= 11 is 0. The van der Waals surface area contributed by atoms with E-state index in [2.05, 4.69) is 50.4 Å². The number of benzene rings is 2. The molecule has 2 aromatic carbocycles. The molecule has 0 fully saturated rings. The number of aromatic nitrogens is 6. The van der Waals surface area contributed by atoms with Gasteiger partial charge in [0, 0.05) is 47.4 Å². The molecule has 3 N–H and O–H groups in total. The largest absolute Gasteiger partial charge is 0.382 e. The predicted octanol–water partition coefficient (Wildman–Crippen LogP) is 5.78. The number of imidazole rings is 1. The highest BCUT2D eigenvalue weighted by Gasteiger charge is 2.17. The van der Waals surface area contributed by atoms with Crippen LogP contribution in [0.5, 0.6) is 0 Å². The van der Waals surface area contributed by atoms with Crippen LogP contribution in [0.15, 0.2) is 67.1 Å². The molecule has 6 rings (SSSR count). The summed E-state index contributed by atoms with van der Waals surface area (Å²) in [5, 5.41) is 11.9. The van der Waals surface area contributed by atoms with Crippen LogP contribution in [0, 0.1) is 5.82 Å². The minimum Gasteiger partial charge on any atom is -0.382 e. The van der Waals surface area contributed by atoms with Crippen molar-refractivity contribution >= 4 is 37.6 Å². The van der Waals surface area contributed by atoms with Gasteiger partial charge in [0.25, 0.3) is 0 Å². The minimum absolute atomic E-state index is 0.0569. The summed E-state index contributed by atoms with van der Waals surface area (Å²) < 4.78 is 37.9. The Hall–Kier alpha value is -4.64. The molecule has 0 aliphatic rings. The fourth-order valence-electron chi connectivity index (χ4n) is 4.90. The molecule has 208 valence electrons. The zero-order valence-electron chi connectivity index (χ0n) is 22.7. The Labute approximate surface area is 236 Å².